The number of sulfonamides is 1. The van der Waals surface area contributed by atoms with E-state index in [0.29, 0.717) is 0 Å². The van der Waals surface area contributed by atoms with Gasteiger partial charge in [-0.05, 0) is 0 Å². The second-order valence-electron chi connectivity index (χ2n) is 3.72. The molecule has 9 heteroatoms. The van der Waals surface area contributed by atoms with E-state index in [9.17, 15) is 21.6 Å². The number of nitrogens with two attached hydrogens (primary N) is 1. The molecule has 1 fully saturated rings. The minimum atomic E-state index is -4.75. The summed E-state index contributed by atoms with van der Waals surface area (Å²) in [4.78, 5) is 0. The maximum absolute atomic E-state index is 12.4. The first-order chi connectivity index (χ1) is 7.53. The maximum atomic E-state index is 12.4. The molecule has 0 aromatic rings. The van der Waals surface area contributed by atoms with Crippen molar-refractivity contribution in [3.63, 3.8) is 0 Å². The van der Waals surface area contributed by atoms with Gasteiger partial charge in [0.15, 0.2) is 0 Å². The largest absolute Gasteiger partial charge is 0.431 e. The molecule has 0 unspecified atom stereocenters. The summed E-state index contributed by atoms with van der Waals surface area (Å²) in [6.07, 6.45) is -3.91. The number of alkyl halides is 3. The van der Waals surface area contributed by atoms with Crippen LogP contribution >= 0.6 is 0 Å². The van der Waals surface area contributed by atoms with Crippen LogP contribution in [0.5, 0.6) is 0 Å². The van der Waals surface area contributed by atoms with Crippen LogP contribution in [0, 0.1) is 5.41 Å². The number of hydrogen-bond acceptors (Lipinski definition) is 4. The van der Waals surface area contributed by atoms with Crippen LogP contribution < -0.4 is 5.73 Å². The van der Waals surface area contributed by atoms with E-state index in [1.807, 2.05) is 0 Å². The molecule has 0 bridgehead atoms. The number of halogens is 3. The van der Waals surface area contributed by atoms with Crippen LogP contribution in [0.1, 0.15) is 6.42 Å². The van der Waals surface area contributed by atoms with Gasteiger partial charge >= 0.3 is 6.18 Å². The third kappa shape index (κ3) is 3.19. The summed E-state index contributed by atoms with van der Waals surface area (Å²) in [6, 6.07) is 0. The molecule has 1 heterocycles. The van der Waals surface area contributed by atoms with E-state index in [1.165, 1.54) is 0 Å². The van der Waals surface area contributed by atoms with Crippen molar-refractivity contribution >= 4 is 15.7 Å². The molecule has 5 nitrogen and oxygen atoms in total. The van der Waals surface area contributed by atoms with Crippen molar-refractivity contribution in [3.8, 4) is 0 Å². The van der Waals surface area contributed by atoms with Gasteiger partial charge in [0, 0.05) is 30.8 Å². The summed E-state index contributed by atoms with van der Waals surface area (Å²) in [7, 11) is -3.58. The fourth-order valence-corrected chi connectivity index (χ4v) is 2.23. The highest BCUT2D eigenvalue weighted by atomic mass is 32.2. The van der Waals surface area contributed by atoms with Crippen molar-refractivity contribution in [3.05, 3.63) is 11.3 Å². The molecule has 1 rings (SSSR count). The van der Waals surface area contributed by atoms with Crippen molar-refractivity contribution in [2.24, 2.45) is 5.73 Å². The Hall–Kier alpha value is -1.09. The molecule has 1 saturated heterocycles. The highest BCUT2D eigenvalue weighted by Gasteiger charge is 2.37. The molecule has 0 atom stereocenters. The van der Waals surface area contributed by atoms with Gasteiger partial charge in [0.1, 0.15) is 5.70 Å². The Balaban J connectivity index is 3.12. The molecule has 0 radical (unpaired) electrons. The number of hydrogen-bond donors (Lipinski definition) is 2. The first-order valence-electron chi connectivity index (χ1n) is 4.62. The van der Waals surface area contributed by atoms with Gasteiger partial charge in [0.25, 0.3) is 0 Å². The monoisotopic (exact) mass is 271 g/mol. The Morgan fingerprint density at radius 3 is 2.41 bits per heavy atom. The lowest BCUT2D eigenvalue weighted by Gasteiger charge is -2.28. The van der Waals surface area contributed by atoms with Crippen LogP contribution in [-0.2, 0) is 10.0 Å². The van der Waals surface area contributed by atoms with Crippen molar-refractivity contribution in [2.45, 2.75) is 12.6 Å². The first-order valence-corrected chi connectivity index (χ1v) is 6.47. The van der Waals surface area contributed by atoms with Gasteiger partial charge in [-0.15, -0.1) is 0 Å². The average Bonchev–Trinajstić information content (AvgIpc) is 2.14. The molecule has 0 aliphatic carbocycles. The Morgan fingerprint density at radius 2 is 2.00 bits per heavy atom. The average molecular weight is 271 g/mol. The zero-order valence-electron chi connectivity index (χ0n) is 9.00. The minimum absolute atomic E-state index is 0.00625. The zero-order valence-corrected chi connectivity index (χ0v) is 9.82. The van der Waals surface area contributed by atoms with E-state index in [-0.39, 0.29) is 18.7 Å². The van der Waals surface area contributed by atoms with Crippen LogP contribution in [0.2, 0.25) is 0 Å². The molecule has 98 valence electrons. The van der Waals surface area contributed by atoms with E-state index >= 15 is 0 Å². The summed E-state index contributed by atoms with van der Waals surface area (Å²) in [6.45, 7) is -0.491. The predicted octanol–water partition coefficient (Wildman–Crippen LogP) is 0.447. The summed E-state index contributed by atoms with van der Waals surface area (Å²) in [5.41, 5.74) is 2.79. The van der Waals surface area contributed by atoms with Gasteiger partial charge < -0.3 is 11.1 Å². The van der Waals surface area contributed by atoms with Crippen LogP contribution in [0.25, 0.3) is 0 Å². The maximum Gasteiger partial charge on any atom is 0.431 e. The molecule has 17 heavy (non-hydrogen) atoms. The summed E-state index contributed by atoms with van der Waals surface area (Å²) in [5, 5.41) is 7.39. The standard InChI is InChI=1S/C8H12F3N3O2S/c1-17(15,16)14-3-2-6(12)5(4-14)7(13)8(9,10)11/h12H,2-4,13H2,1H3/b7-5-,12-6?. The minimum Gasteiger partial charge on any atom is -0.394 e. The van der Waals surface area contributed by atoms with Crippen LogP contribution in [-0.4, -0.2) is 44.0 Å². The second kappa shape index (κ2) is 4.30. The number of nitrogens with one attached hydrogen (secondary N) is 1. The number of nitrogens with zero attached hydrogens (tertiary/aromatic N) is 1. The first kappa shape index (κ1) is 14.0. The summed E-state index contributed by atoms with van der Waals surface area (Å²) >= 11 is 0. The summed E-state index contributed by atoms with van der Waals surface area (Å²) < 4.78 is 60.5. The number of allylic oxidation sites excluding steroid dienone is 1. The second-order valence-corrected chi connectivity index (χ2v) is 5.70. The van der Waals surface area contributed by atoms with Crippen molar-refractivity contribution < 1.29 is 21.6 Å². The van der Waals surface area contributed by atoms with Gasteiger partial charge in [-0.25, -0.2) is 8.42 Å². The van der Waals surface area contributed by atoms with Crippen molar-refractivity contribution in [1.82, 2.24) is 4.31 Å². The highest BCUT2D eigenvalue weighted by molar-refractivity contribution is 7.88. The quantitative estimate of drug-likeness (QED) is 0.725. The lowest BCUT2D eigenvalue weighted by molar-refractivity contribution is -0.0934. The Morgan fingerprint density at radius 1 is 1.47 bits per heavy atom. The van der Waals surface area contributed by atoms with Gasteiger partial charge in [0.05, 0.1) is 6.26 Å². The molecule has 1 aliphatic rings. The molecule has 0 aromatic carbocycles. The number of rotatable bonds is 1. The van der Waals surface area contributed by atoms with Crippen LogP contribution in [0.4, 0.5) is 13.2 Å². The van der Waals surface area contributed by atoms with Gasteiger partial charge in [-0.2, -0.15) is 17.5 Å². The lowest BCUT2D eigenvalue weighted by atomic mass is 10.0. The third-order valence-electron chi connectivity index (χ3n) is 2.41. The molecule has 0 saturated carbocycles. The highest BCUT2D eigenvalue weighted by Crippen LogP contribution is 2.27. The number of piperidine rings is 1. The molecule has 0 spiro atoms. The molecule has 1 aliphatic heterocycles. The summed E-state index contributed by atoms with van der Waals surface area (Å²) in [5.74, 6) is 0. The van der Waals surface area contributed by atoms with E-state index in [0.717, 1.165) is 10.6 Å². The molecule has 3 N–H and O–H groups in total. The molecular weight excluding hydrogens is 259 g/mol. The molecule has 0 aromatic heterocycles. The fraction of sp³-hybridized carbons (Fsp3) is 0.625. The van der Waals surface area contributed by atoms with E-state index in [1.54, 1.807) is 0 Å². The molecular formula is C8H12F3N3O2S. The molecule has 0 amide bonds. The van der Waals surface area contributed by atoms with Gasteiger partial charge in [0.2, 0.25) is 10.0 Å². The lowest BCUT2D eigenvalue weighted by Crippen LogP contribution is -2.41. The SMILES string of the molecule is CS(=O)(=O)N1CCC(=N)/C(=C(\N)C(F)(F)F)C1. The van der Waals surface area contributed by atoms with Crippen molar-refractivity contribution in [2.75, 3.05) is 19.3 Å². The fourth-order valence-electron chi connectivity index (χ4n) is 1.44. The van der Waals surface area contributed by atoms with Crippen molar-refractivity contribution in [1.29, 1.82) is 5.41 Å². The predicted molar refractivity (Wildman–Crippen MR) is 56.0 cm³/mol. The zero-order chi connectivity index (χ0) is 13.4. The third-order valence-corrected chi connectivity index (χ3v) is 3.66. The normalized spacial score (nSPS) is 22.7. The van der Waals surface area contributed by atoms with E-state index in [4.69, 9.17) is 11.1 Å². The Labute approximate surface area is 96.6 Å². The Kier molecular flexibility index (Phi) is 3.53. The van der Waals surface area contributed by atoms with E-state index < -0.39 is 34.0 Å². The smallest absolute Gasteiger partial charge is 0.394 e. The topological polar surface area (TPSA) is 87.2 Å². The van der Waals surface area contributed by atoms with Crippen LogP contribution in [0.3, 0.4) is 0 Å². The van der Waals surface area contributed by atoms with E-state index in [2.05, 4.69) is 0 Å². The van der Waals surface area contributed by atoms with Gasteiger partial charge in [-0.3, -0.25) is 0 Å². The van der Waals surface area contributed by atoms with Gasteiger partial charge in [-0.1, -0.05) is 0 Å². The Bertz CT molecular complexity index is 467. The van der Waals surface area contributed by atoms with Crippen LogP contribution in [0.15, 0.2) is 11.3 Å².